The van der Waals surface area contributed by atoms with Crippen LogP contribution in [0.3, 0.4) is 0 Å². The van der Waals surface area contributed by atoms with E-state index >= 15 is 0 Å². The summed E-state index contributed by atoms with van der Waals surface area (Å²) in [7, 11) is 0. The summed E-state index contributed by atoms with van der Waals surface area (Å²) < 4.78 is 12.5. The van der Waals surface area contributed by atoms with Gasteiger partial charge in [-0.25, -0.2) is 0 Å². The maximum Gasteiger partial charge on any atom is 0.157 e. The van der Waals surface area contributed by atoms with Gasteiger partial charge in [0.2, 0.25) is 0 Å². The van der Waals surface area contributed by atoms with Crippen LogP contribution in [0.15, 0.2) is 9.66 Å². The Kier molecular flexibility index (Phi) is 6.05. The molecule has 82 valence electrons. The van der Waals surface area contributed by atoms with Crippen molar-refractivity contribution in [2.45, 2.75) is 39.4 Å². The molecule has 14 heavy (non-hydrogen) atoms. The molecule has 1 unspecified atom stereocenters. The predicted octanol–water partition coefficient (Wildman–Crippen LogP) is 3.50. The molecule has 0 aromatic heterocycles. The van der Waals surface area contributed by atoms with E-state index in [-0.39, 0.29) is 6.29 Å². The first-order valence-corrected chi connectivity index (χ1v) is 6.33. The van der Waals surface area contributed by atoms with Gasteiger partial charge in [-0.1, -0.05) is 13.0 Å². The second kappa shape index (κ2) is 6.80. The Bertz CT molecular complexity index is 182. The largest absolute Gasteiger partial charge is 0.353 e. The fourth-order valence-electron chi connectivity index (χ4n) is 1.54. The van der Waals surface area contributed by atoms with Crippen molar-refractivity contribution in [3.63, 3.8) is 0 Å². The molecule has 0 amide bonds. The van der Waals surface area contributed by atoms with E-state index in [9.17, 15) is 0 Å². The van der Waals surface area contributed by atoms with E-state index in [4.69, 9.17) is 9.47 Å². The lowest BCUT2D eigenvalue weighted by Gasteiger charge is -2.23. The van der Waals surface area contributed by atoms with Crippen LogP contribution in [-0.4, -0.2) is 19.5 Å². The highest BCUT2D eigenvalue weighted by Crippen LogP contribution is 2.16. The van der Waals surface area contributed by atoms with Crippen molar-refractivity contribution in [3.05, 3.63) is 9.66 Å². The van der Waals surface area contributed by atoms with Gasteiger partial charge in [0.1, 0.15) is 0 Å². The predicted molar refractivity (Wildman–Crippen MR) is 66.5 cm³/mol. The summed E-state index contributed by atoms with van der Waals surface area (Å²) in [5.74, 6) is 0.484. The van der Waals surface area contributed by atoms with Gasteiger partial charge < -0.3 is 9.47 Å². The first kappa shape index (κ1) is 12.5. The van der Waals surface area contributed by atoms with Crippen LogP contribution in [0.4, 0.5) is 0 Å². The van der Waals surface area contributed by atoms with Gasteiger partial charge >= 0.3 is 0 Å². The lowest BCUT2D eigenvalue weighted by molar-refractivity contribution is -0.166. The summed E-state index contributed by atoms with van der Waals surface area (Å²) in [5.41, 5.74) is 0. The standard InChI is InChI=1S/C11H19IO2/c1-9(7-10(2)12)8-14-11-5-3-4-6-13-11/h7,9,11H,3-6,8H2,1-2H3/b10-7+/t9-,11?/m1/s1. The van der Waals surface area contributed by atoms with Crippen molar-refractivity contribution in [1.29, 1.82) is 0 Å². The van der Waals surface area contributed by atoms with Crippen molar-refractivity contribution in [1.82, 2.24) is 0 Å². The van der Waals surface area contributed by atoms with E-state index in [0.717, 1.165) is 19.6 Å². The SMILES string of the molecule is C/C(I)=C\[C@@H](C)COC1CCCCO1. The molecule has 1 saturated heterocycles. The molecular weight excluding hydrogens is 291 g/mol. The van der Waals surface area contributed by atoms with Crippen LogP contribution in [0.25, 0.3) is 0 Å². The number of ether oxygens (including phenoxy) is 2. The summed E-state index contributed by atoms with van der Waals surface area (Å²) in [6.07, 6.45) is 5.75. The van der Waals surface area contributed by atoms with E-state index in [1.807, 2.05) is 0 Å². The highest BCUT2D eigenvalue weighted by Gasteiger charge is 2.14. The number of halogens is 1. The summed E-state index contributed by atoms with van der Waals surface area (Å²) in [5, 5.41) is 0. The van der Waals surface area contributed by atoms with Crippen LogP contribution in [-0.2, 0) is 9.47 Å². The number of rotatable bonds is 4. The Morgan fingerprint density at radius 3 is 3.00 bits per heavy atom. The molecule has 0 aliphatic carbocycles. The normalized spacial score (nSPS) is 26.2. The van der Waals surface area contributed by atoms with Crippen LogP contribution >= 0.6 is 22.6 Å². The van der Waals surface area contributed by atoms with Crippen LogP contribution < -0.4 is 0 Å². The van der Waals surface area contributed by atoms with Gasteiger partial charge in [0, 0.05) is 6.61 Å². The molecule has 1 aliphatic rings. The summed E-state index contributed by atoms with van der Waals surface area (Å²) in [6.45, 7) is 5.91. The summed E-state index contributed by atoms with van der Waals surface area (Å²) >= 11 is 2.33. The lowest BCUT2D eigenvalue weighted by Crippen LogP contribution is -2.24. The van der Waals surface area contributed by atoms with Gasteiger partial charge in [-0.3, -0.25) is 0 Å². The van der Waals surface area contributed by atoms with E-state index < -0.39 is 0 Å². The molecule has 0 bridgehead atoms. The van der Waals surface area contributed by atoms with Crippen LogP contribution in [0, 0.1) is 5.92 Å². The molecular formula is C11H19IO2. The average molecular weight is 310 g/mol. The van der Waals surface area contributed by atoms with Crippen LogP contribution in [0.1, 0.15) is 33.1 Å². The minimum absolute atomic E-state index is 0.0501. The molecule has 0 aromatic carbocycles. The van der Waals surface area contributed by atoms with Gasteiger partial charge in [-0.05, 0) is 58.3 Å². The lowest BCUT2D eigenvalue weighted by atomic mass is 10.2. The van der Waals surface area contributed by atoms with Gasteiger partial charge in [0.25, 0.3) is 0 Å². The van der Waals surface area contributed by atoms with E-state index in [2.05, 4.69) is 42.5 Å². The molecule has 1 fully saturated rings. The van der Waals surface area contributed by atoms with Crippen molar-refractivity contribution in [2.75, 3.05) is 13.2 Å². The molecule has 0 saturated carbocycles. The Morgan fingerprint density at radius 2 is 2.43 bits per heavy atom. The fourth-order valence-corrected chi connectivity index (χ4v) is 2.16. The zero-order valence-electron chi connectivity index (χ0n) is 8.96. The maximum absolute atomic E-state index is 5.68. The zero-order valence-corrected chi connectivity index (χ0v) is 11.1. The molecule has 0 spiro atoms. The van der Waals surface area contributed by atoms with Gasteiger partial charge in [-0.15, -0.1) is 0 Å². The molecule has 0 radical (unpaired) electrons. The maximum atomic E-state index is 5.68. The summed E-state index contributed by atoms with van der Waals surface area (Å²) in [4.78, 5) is 0. The quantitative estimate of drug-likeness (QED) is 0.740. The third-order valence-electron chi connectivity index (χ3n) is 2.20. The van der Waals surface area contributed by atoms with Gasteiger partial charge in [-0.2, -0.15) is 0 Å². The number of hydrogen-bond acceptors (Lipinski definition) is 2. The van der Waals surface area contributed by atoms with Crippen molar-refractivity contribution < 1.29 is 9.47 Å². The Labute approximate surface area is 100 Å². The van der Waals surface area contributed by atoms with Crippen molar-refractivity contribution in [2.24, 2.45) is 5.92 Å². The first-order chi connectivity index (χ1) is 6.68. The third kappa shape index (κ3) is 5.32. The fraction of sp³-hybridized carbons (Fsp3) is 0.818. The molecule has 2 atom stereocenters. The van der Waals surface area contributed by atoms with Gasteiger partial charge in [0.15, 0.2) is 6.29 Å². The first-order valence-electron chi connectivity index (χ1n) is 5.25. The Balaban J connectivity index is 2.15. The molecule has 2 nitrogen and oxygen atoms in total. The van der Waals surface area contributed by atoms with E-state index in [1.54, 1.807) is 0 Å². The molecule has 0 N–H and O–H groups in total. The van der Waals surface area contributed by atoms with Crippen LogP contribution in [0.5, 0.6) is 0 Å². The minimum atomic E-state index is 0.0501. The highest BCUT2D eigenvalue weighted by molar-refractivity contribution is 14.1. The van der Waals surface area contributed by atoms with Crippen molar-refractivity contribution in [3.8, 4) is 0 Å². The monoisotopic (exact) mass is 310 g/mol. The molecule has 0 aromatic rings. The number of allylic oxidation sites excluding steroid dienone is 1. The topological polar surface area (TPSA) is 18.5 Å². The van der Waals surface area contributed by atoms with E-state index in [0.29, 0.717) is 5.92 Å². The van der Waals surface area contributed by atoms with Crippen molar-refractivity contribution >= 4 is 22.6 Å². The zero-order chi connectivity index (χ0) is 10.4. The second-order valence-corrected chi connectivity index (χ2v) is 5.56. The minimum Gasteiger partial charge on any atom is -0.353 e. The number of hydrogen-bond donors (Lipinski definition) is 0. The Morgan fingerprint density at radius 1 is 1.64 bits per heavy atom. The highest BCUT2D eigenvalue weighted by atomic mass is 127. The second-order valence-electron chi connectivity index (χ2n) is 3.86. The van der Waals surface area contributed by atoms with Crippen LogP contribution in [0.2, 0.25) is 0 Å². The molecule has 1 heterocycles. The molecule has 1 aliphatic heterocycles. The third-order valence-corrected chi connectivity index (χ3v) is 2.56. The molecule has 3 heteroatoms. The Hall–Kier alpha value is 0.390. The average Bonchev–Trinajstić information content (AvgIpc) is 2.15. The smallest absolute Gasteiger partial charge is 0.157 e. The molecule has 1 rings (SSSR count). The van der Waals surface area contributed by atoms with Gasteiger partial charge in [0.05, 0.1) is 6.61 Å². The van der Waals surface area contributed by atoms with E-state index in [1.165, 1.54) is 16.4 Å². The summed E-state index contributed by atoms with van der Waals surface area (Å²) in [6, 6.07) is 0.